The summed E-state index contributed by atoms with van der Waals surface area (Å²) in [7, 11) is 1.68. The fraction of sp³-hybridized carbons (Fsp3) is 0.368. The molecule has 1 aromatic carbocycles. The molecule has 2 aromatic rings. The topological polar surface area (TPSA) is 49.4 Å². The van der Waals surface area contributed by atoms with Crippen molar-refractivity contribution in [1.29, 1.82) is 0 Å². The van der Waals surface area contributed by atoms with Gasteiger partial charge < -0.3 is 10.2 Å². The van der Waals surface area contributed by atoms with Crippen molar-refractivity contribution in [2.75, 3.05) is 13.6 Å². The van der Waals surface area contributed by atoms with Crippen LogP contribution in [0, 0.1) is 5.92 Å². The third-order valence-electron chi connectivity index (χ3n) is 5.12. The summed E-state index contributed by atoms with van der Waals surface area (Å²) in [6.07, 6.45) is 2.23. The zero-order chi connectivity index (χ0) is 16.7. The summed E-state index contributed by atoms with van der Waals surface area (Å²) < 4.78 is 0. The van der Waals surface area contributed by atoms with Crippen molar-refractivity contribution < 1.29 is 9.59 Å². The zero-order valence-corrected chi connectivity index (χ0v) is 14.4. The predicted octanol–water partition coefficient (Wildman–Crippen LogP) is 2.66. The Balaban J connectivity index is 1.36. The molecule has 0 aliphatic heterocycles. The van der Waals surface area contributed by atoms with Gasteiger partial charge in [0.05, 0.1) is 11.4 Å². The van der Waals surface area contributed by atoms with E-state index in [1.807, 2.05) is 11.4 Å². The normalized spacial score (nSPS) is 23.8. The van der Waals surface area contributed by atoms with Gasteiger partial charge in [-0.25, -0.2) is 0 Å². The second-order valence-electron chi connectivity index (χ2n) is 6.66. The van der Waals surface area contributed by atoms with Gasteiger partial charge in [-0.3, -0.25) is 9.59 Å². The van der Waals surface area contributed by atoms with E-state index in [-0.39, 0.29) is 24.4 Å². The summed E-state index contributed by atoms with van der Waals surface area (Å²) in [6, 6.07) is 12.4. The van der Waals surface area contributed by atoms with Crippen LogP contribution < -0.4 is 5.32 Å². The van der Waals surface area contributed by atoms with E-state index in [1.165, 1.54) is 27.4 Å². The Labute approximate surface area is 145 Å². The second-order valence-corrected chi connectivity index (χ2v) is 7.61. The van der Waals surface area contributed by atoms with Crippen molar-refractivity contribution in [3.63, 3.8) is 0 Å². The quantitative estimate of drug-likeness (QED) is 0.930. The largest absolute Gasteiger partial charge is 0.351 e. The van der Waals surface area contributed by atoms with Crippen molar-refractivity contribution >= 4 is 23.2 Å². The second kappa shape index (κ2) is 6.06. The maximum absolute atomic E-state index is 12.3. The number of carbonyl (C=O) groups is 2. The minimum absolute atomic E-state index is 0.0701. The lowest BCUT2D eigenvalue weighted by Crippen LogP contribution is -2.39. The molecule has 24 heavy (non-hydrogen) atoms. The van der Waals surface area contributed by atoms with Crippen LogP contribution in [0.5, 0.6) is 0 Å². The highest BCUT2D eigenvalue weighted by molar-refractivity contribution is 7.12. The van der Waals surface area contributed by atoms with Crippen LogP contribution in [0.3, 0.4) is 0 Å². The first-order chi connectivity index (χ1) is 11.6. The number of nitrogens with zero attached hydrogens (tertiary/aromatic N) is 1. The number of nitrogens with one attached hydrogen (secondary N) is 1. The first-order valence-corrected chi connectivity index (χ1v) is 9.19. The van der Waals surface area contributed by atoms with Crippen molar-refractivity contribution in [1.82, 2.24) is 10.2 Å². The molecular formula is C19H20N2O2S. The monoisotopic (exact) mass is 340 g/mol. The van der Waals surface area contributed by atoms with Gasteiger partial charge in [0.1, 0.15) is 0 Å². The molecule has 1 aromatic heterocycles. The van der Waals surface area contributed by atoms with Crippen molar-refractivity contribution in [3.05, 3.63) is 57.8 Å². The third-order valence-corrected chi connectivity index (χ3v) is 5.97. The van der Waals surface area contributed by atoms with Crippen LogP contribution in [0.15, 0.2) is 41.8 Å². The van der Waals surface area contributed by atoms with Gasteiger partial charge in [-0.15, -0.1) is 11.3 Å². The minimum atomic E-state index is -0.0984. The van der Waals surface area contributed by atoms with E-state index in [0.29, 0.717) is 16.7 Å². The smallest absolute Gasteiger partial charge is 0.264 e. The molecule has 5 heteroatoms. The molecule has 2 amide bonds. The lowest BCUT2D eigenvalue weighted by atomic mass is 9.92. The zero-order valence-electron chi connectivity index (χ0n) is 13.6. The molecule has 2 aliphatic carbocycles. The molecule has 1 fully saturated rings. The highest BCUT2D eigenvalue weighted by Gasteiger charge is 2.53. The SMILES string of the molecule is CN(CC(=O)N[C@@H]1[C@H]2CCc3ccccc3[C@@H]21)C(=O)c1cccs1. The molecule has 3 atom stereocenters. The summed E-state index contributed by atoms with van der Waals surface area (Å²) in [4.78, 5) is 26.7. The Morgan fingerprint density at radius 3 is 2.88 bits per heavy atom. The summed E-state index contributed by atoms with van der Waals surface area (Å²) in [5.41, 5.74) is 2.81. The predicted molar refractivity (Wildman–Crippen MR) is 94.2 cm³/mol. The Morgan fingerprint density at radius 1 is 1.25 bits per heavy atom. The molecule has 2 aliphatic rings. The van der Waals surface area contributed by atoms with Gasteiger partial charge in [0.2, 0.25) is 5.91 Å². The summed E-state index contributed by atoms with van der Waals surface area (Å²) in [5.74, 6) is 0.845. The molecule has 0 spiro atoms. The fourth-order valence-corrected chi connectivity index (χ4v) is 4.59. The van der Waals surface area contributed by atoms with E-state index < -0.39 is 0 Å². The molecule has 0 unspecified atom stereocenters. The van der Waals surface area contributed by atoms with Crippen LogP contribution in [0.2, 0.25) is 0 Å². The number of carbonyl (C=O) groups excluding carboxylic acids is 2. The number of rotatable bonds is 4. The Morgan fingerprint density at radius 2 is 2.08 bits per heavy atom. The maximum Gasteiger partial charge on any atom is 0.264 e. The van der Waals surface area contributed by atoms with Crippen LogP contribution >= 0.6 is 11.3 Å². The molecule has 1 saturated carbocycles. The van der Waals surface area contributed by atoms with Gasteiger partial charge >= 0.3 is 0 Å². The first kappa shape index (κ1) is 15.4. The van der Waals surface area contributed by atoms with Gasteiger partial charge in [-0.1, -0.05) is 30.3 Å². The molecule has 0 bridgehead atoms. The molecular weight excluding hydrogens is 320 g/mol. The highest BCUT2D eigenvalue weighted by atomic mass is 32.1. The van der Waals surface area contributed by atoms with Crippen LogP contribution in [0.4, 0.5) is 0 Å². The highest BCUT2D eigenvalue weighted by Crippen LogP contribution is 2.54. The summed E-state index contributed by atoms with van der Waals surface area (Å²) in [5, 5.41) is 5.01. The lowest BCUT2D eigenvalue weighted by molar-refractivity contribution is -0.121. The molecule has 1 heterocycles. The van der Waals surface area contributed by atoms with Crippen LogP contribution in [0.1, 0.15) is 33.1 Å². The number of thiophene rings is 1. The molecule has 4 nitrogen and oxygen atoms in total. The van der Waals surface area contributed by atoms with Gasteiger partial charge in [0.25, 0.3) is 5.91 Å². The molecule has 0 radical (unpaired) electrons. The van der Waals surface area contributed by atoms with Gasteiger partial charge in [0.15, 0.2) is 0 Å². The van der Waals surface area contributed by atoms with Crippen molar-refractivity contribution in [2.24, 2.45) is 5.92 Å². The molecule has 4 rings (SSSR count). The Bertz CT molecular complexity index is 771. The Hall–Kier alpha value is -2.14. The maximum atomic E-state index is 12.3. The fourth-order valence-electron chi connectivity index (χ4n) is 3.87. The van der Waals surface area contributed by atoms with Gasteiger partial charge in [-0.2, -0.15) is 0 Å². The Kier molecular flexibility index (Phi) is 3.88. The number of amides is 2. The van der Waals surface area contributed by atoms with Crippen molar-refractivity contribution in [2.45, 2.75) is 24.8 Å². The van der Waals surface area contributed by atoms with E-state index >= 15 is 0 Å². The first-order valence-electron chi connectivity index (χ1n) is 8.31. The minimum Gasteiger partial charge on any atom is -0.351 e. The number of hydrogen-bond donors (Lipinski definition) is 1. The van der Waals surface area contributed by atoms with Crippen LogP contribution in [0.25, 0.3) is 0 Å². The average Bonchev–Trinajstić information content (AvgIpc) is 3.03. The lowest BCUT2D eigenvalue weighted by Gasteiger charge is -2.16. The van der Waals surface area contributed by atoms with Crippen molar-refractivity contribution in [3.8, 4) is 0 Å². The van der Waals surface area contributed by atoms with Gasteiger partial charge in [0, 0.05) is 19.0 Å². The average molecular weight is 340 g/mol. The molecule has 124 valence electrons. The van der Waals surface area contributed by atoms with E-state index in [2.05, 4.69) is 29.6 Å². The van der Waals surface area contributed by atoms with E-state index in [4.69, 9.17) is 0 Å². The standard InChI is InChI=1S/C19H20N2O2S/c1-21(19(23)15-7-4-10-24-15)11-16(22)20-18-14-9-8-12-5-2-3-6-13(12)17(14)18/h2-7,10,14,17-18H,8-9,11H2,1H3,(H,20,22)/t14-,17-,18+/m0/s1. The van der Waals surface area contributed by atoms with Crippen LogP contribution in [-0.2, 0) is 11.2 Å². The third kappa shape index (κ3) is 2.73. The summed E-state index contributed by atoms with van der Waals surface area (Å²) in [6.45, 7) is 0.105. The number of likely N-dealkylation sites (N-methyl/N-ethyl adjacent to an activating group) is 1. The number of benzene rings is 1. The van der Waals surface area contributed by atoms with E-state index in [9.17, 15) is 9.59 Å². The van der Waals surface area contributed by atoms with E-state index in [0.717, 1.165) is 12.8 Å². The van der Waals surface area contributed by atoms with E-state index in [1.54, 1.807) is 13.1 Å². The van der Waals surface area contributed by atoms with Crippen LogP contribution in [-0.4, -0.2) is 36.3 Å². The number of aryl methyl sites for hydroxylation is 1. The molecule has 0 saturated heterocycles. The van der Waals surface area contributed by atoms with Gasteiger partial charge in [-0.05, 0) is 41.3 Å². The number of hydrogen-bond acceptors (Lipinski definition) is 3. The number of fused-ring (bicyclic) bond motifs is 3. The molecule has 1 N–H and O–H groups in total. The summed E-state index contributed by atoms with van der Waals surface area (Å²) >= 11 is 1.40.